The molecule has 3 aromatic rings. The van der Waals surface area contributed by atoms with Crippen LogP contribution in [0.2, 0.25) is 0 Å². The monoisotopic (exact) mass is 451 g/mol. The van der Waals surface area contributed by atoms with Crippen LogP contribution in [0.25, 0.3) is 0 Å². The summed E-state index contributed by atoms with van der Waals surface area (Å²) in [6.45, 7) is 2.82. The molecule has 0 saturated carbocycles. The van der Waals surface area contributed by atoms with Crippen LogP contribution in [0.1, 0.15) is 22.0 Å². The highest BCUT2D eigenvalue weighted by atomic mass is 16.7. The average molecular weight is 451 g/mol. The summed E-state index contributed by atoms with van der Waals surface area (Å²) < 4.78 is 30.2. The lowest BCUT2D eigenvalue weighted by Gasteiger charge is -2.18. The van der Waals surface area contributed by atoms with Crippen molar-refractivity contribution >= 4 is 5.91 Å². The van der Waals surface area contributed by atoms with Gasteiger partial charge in [-0.05, 0) is 41.6 Å². The molecule has 33 heavy (non-hydrogen) atoms. The number of nitrogens with zero attached hydrogens (tertiary/aromatic N) is 4. The van der Waals surface area contributed by atoms with Gasteiger partial charge in [0.1, 0.15) is 24.0 Å². The Morgan fingerprint density at radius 2 is 1.88 bits per heavy atom. The van der Waals surface area contributed by atoms with E-state index in [0.29, 0.717) is 36.0 Å². The Kier molecular flexibility index (Phi) is 4.84. The first-order valence-corrected chi connectivity index (χ1v) is 10.6. The number of tetrazole rings is 1. The molecular formula is C22H21N5O6. The van der Waals surface area contributed by atoms with Crippen molar-refractivity contribution in [2.45, 2.75) is 31.2 Å². The number of ether oxygens (including phenoxy) is 5. The number of amides is 1. The minimum atomic E-state index is -0.323. The van der Waals surface area contributed by atoms with Crippen LogP contribution in [-0.2, 0) is 9.47 Å². The quantitative estimate of drug-likeness (QED) is 0.617. The normalized spacial score (nSPS) is 25.1. The number of aromatic nitrogens is 4. The second kappa shape index (κ2) is 8.01. The maximum atomic E-state index is 12.6. The lowest BCUT2D eigenvalue weighted by molar-refractivity contribution is 0.0606. The minimum Gasteiger partial charge on any atom is -0.454 e. The largest absolute Gasteiger partial charge is 0.454 e. The zero-order valence-corrected chi connectivity index (χ0v) is 17.7. The summed E-state index contributed by atoms with van der Waals surface area (Å²) >= 11 is 0. The Morgan fingerprint density at radius 3 is 2.76 bits per heavy atom. The molecule has 0 aliphatic carbocycles. The van der Waals surface area contributed by atoms with Gasteiger partial charge >= 0.3 is 6.01 Å². The molecule has 1 aromatic heterocycles. The van der Waals surface area contributed by atoms with Crippen molar-refractivity contribution in [3.63, 3.8) is 0 Å². The van der Waals surface area contributed by atoms with Gasteiger partial charge in [0.15, 0.2) is 11.5 Å². The second-order valence-electron chi connectivity index (χ2n) is 8.13. The molecule has 3 aliphatic rings. The van der Waals surface area contributed by atoms with E-state index in [2.05, 4.69) is 20.8 Å². The van der Waals surface area contributed by atoms with Crippen LogP contribution in [0.3, 0.4) is 0 Å². The fourth-order valence-corrected chi connectivity index (χ4v) is 4.28. The fraction of sp³-hybridized carbons (Fsp3) is 0.364. The number of fused-ring (bicyclic) bond motifs is 2. The van der Waals surface area contributed by atoms with E-state index in [4.69, 9.17) is 23.7 Å². The van der Waals surface area contributed by atoms with Crippen LogP contribution in [0.15, 0.2) is 42.5 Å². The third-order valence-electron chi connectivity index (χ3n) is 5.99. The van der Waals surface area contributed by atoms with Gasteiger partial charge in [-0.3, -0.25) is 4.79 Å². The average Bonchev–Trinajstić information content (AvgIpc) is 3.60. The summed E-state index contributed by atoms with van der Waals surface area (Å²) in [7, 11) is 0. The van der Waals surface area contributed by atoms with Crippen LogP contribution in [0.5, 0.6) is 23.3 Å². The Morgan fingerprint density at radius 1 is 1.06 bits per heavy atom. The van der Waals surface area contributed by atoms with Crippen LogP contribution in [0.4, 0.5) is 0 Å². The number of carbonyl (C=O) groups excluding carboxylic acids is 1. The van der Waals surface area contributed by atoms with Crippen LogP contribution < -0.4 is 19.5 Å². The van der Waals surface area contributed by atoms with Crippen molar-refractivity contribution in [1.29, 1.82) is 0 Å². The summed E-state index contributed by atoms with van der Waals surface area (Å²) in [4.78, 5) is 12.6. The molecule has 11 nitrogen and oxygen atoms in total. The summed E-state index contributed by atoms with van der Waals surface area (Å²) in [6, 6.07) is 12.3. The molecule has 6 rings (SSSR count). The Hall–Kier alpha value is -3.70. The van der Waals surface area contributed by atoms with Crippen molar-refractivity contribution in [3.8, 4) is 23.3 Å². The van der Waals surface area contributed by atoms with E-state index in [0.717, 1.165) is 5.56 Å². The smallest absolute Gasteiger partial charge is 0.341 e. The van der Waals surface area contributed by atoms with Gasteiger partial charge in [-0.1, -0.05) is 22.8 Å². The van der Waals surface area contributed by atoms with Crippen LogP contribution in [0, 0.1) is 6.92 Å². The van der Waals surface area contributed by atoms with Crippen LogP contribution >= 0.6 is 0 Å². The highest BCUT2D eigenvalue weighted by Crippen LogP contribution is 2.38. The van der Waals surface area contributed by atoms with Crippen molar-refractivity contribution < 1.29 is 28.5 Å². The third-order valence-corrected chi connectivity index (χ3v) is 5.99. The third kappa shape index (κ3) is 3.64. The SMILES string of the molecule is Cc1ccc(C(=O)N[C@H]2CO[C@H]3[C@@H]2OC[C@@H]3n2nnnc2Oc2ccc3c(c2)OCO3)cc1. The highest BCUT2D eigenvalue weighted by molar-refractivity contribution is 5.94. The lowest BCUT2D eigenvalue weighted by Crippen LogP contribution is -2.44. The predicted molar refractivity (Wildman–Crippen MR) is 111 cm³/mol. The van der Waals surface area contributed by atoms with E-state index in [1.165, 1.54) is 0 Å². The summed E-state index contributed by atoms with van der Waals surface area (Å²) in [6.07, 6.45) is -0.636. The van der Waals surface area contributed by atoms with Gasteiger partial charge in [-0.15, -0.1) is 0 Å². The van der Waals surface area contributed by atoms with Crippen LogP contribution in [-0.4, -0.2) is 64.4 Å². The molecule has 2 fully saturated rings. The molecule has 0 spiro atoms. The highest BCUT2D eigenvalue weighted by Gasteiger charge is 2.50. The van der Waals surface area contributed by atoms with Gasteiger partial charge < -0.3 is 29.0 Å². The van der Waals surface area contributed by atoms with E-state index in [-0.39, 0.29) is 43.0 Å². The molecule has 1 amide bonds. The zero-order valence-electron chi connectivity index (χ0n) is 17.7. The molecule has 2 aromatic carbocycles. The molecule has 3 aliphatic heterocycles. The molecule has 170 valence electrons. The number of benzene rings is 2. The Bertz CT molecular complexity index is 1180. The van der Waals surface area contributed by atoms with E-state index in [1.807, 2.05) is 19.1 Å². The van der Waals surface area contributed by atoms with E-state index < -0.39 is 0 Å². The Balaban J connectivity index is 1.15. The minimum absolute atomic E-state index is 0.162. The predicted octanol–water partition coefficient (Wildman–Crippen LogP) is 1.64. The van der Waals surface area contributed by atoms with Crippen molar-refractivity contribution in [2.24, 2.45) is 0 Å². The van der Waals surface area contributed by atoms with Gasteiger partial charge in [-0.25, -0.2) is 0 Å². The first-order chi connectivity index (χ1) is 16.2. The summed E-state index contributed by atoms with van der Waals surface area (Å²) in [5.41, 5.74) is 1.69. The molecule has 11 heteroatoms. The maximum Gasteiger partial charge on any atom is 0.341 e. The first kappa shape index (κ1) is 19.9. The molecule has 4 heterocycles. The molecule has 0 bridgehead atoms. The van der Waals surface area contributed by atoms with Gasteiger partial charge in [0, 0.05) is 11.6 Å². The van der Waals surface area contributed by atoms with E-state index in [1.54, 1.807) is 35.0 Å². The number of hydrogen-bond donors (Lipinski definition) is 1. The van der Waals surface area contributed by atoms with Crippen molar-refractivity contribution in [1.82, 2.24) is 25.5 Å². The molecule has 0 radical (unpaired) electrons. The van der Waals surface area contributed by atoms with Gasteiger partial charge in [0.2, 0.25) is 6.79 Å². The first-order valence-electron chi connectivity index (χ1n) is 10.6. The second-order valence-corrected chi connectivity index (χ2v) is 8.13. The molecular weight excluding hydrogens is 430 g/mol. The number of nitrogens with one attached hydrogen (secondary N) is 1. The number of rotatable bonds is 5. The van der Waals surface area contributed by atoms with E-state index >= 15 is 0 Å². The molecule has 1 N–H and O–H groups in total. The number of aryl methyl sites for hydroxylation is 1. The molecule has 4 atom stereocenters. The lowest BCUT2D eigenvalue weighted by atomic mass is 10.1. The van der Waals surface area contributed by atoms with Crippen molar-refractivity contribution in [3.05, 3.63) is 53.6 Å². The summed E-state index contributed by atoms with van der Waals surface area (Å²) in [5, 5.41) is 14.9. The van der Waals surface area contributed by atoms with Gasteiger partial charge in [0.25, 0.3) is 5.91 Å². The number of carbonyl (C=O) groups is 1. The summed E-state index contributed by atoms with van der Waals surface area (Å²) in [5.74, 6) is 1.61. The molecule has 2 saturated heterocycles. The maximum absolute atomic E-state index is 12.6. The fourth-order valence-electron chi connectivity index (χ4n) is 4.28. The van der Waals surface area contributed by atoms with Gasteiger partial charge in [-0.2, -0.15) is 4.68 Å². The van der Waals surface area contributed by atoms with Gasteiger partial charge in [0.05, 0.1) is 19.3 Å². The van der Waals surface area contributed by atoms with E-state index in [9.17, 15) is 4.79 Å². The number of hydrogen-bond acceptors (Lipinski definition) is 9. The standard InChI is InChI=1S/C22H21N5O6/c1-12-2-4-13(5-3-12)21(28)23-15-9-29-20-16(10-30-19(15)20)27-22(24-25-26-27)33-14-6-7-17-18(8-14)32-11-31-17/h2-8,15-16,19-20H,9-11H2,1H3,(H,23,28)/t15-,16-,19+,20+/m0/s1. The van der Waals surface area contributed by atoms with Crippen molar-refractivity contribution in [2.75, 3.05) is 20.0 Å². The zero-order chi connectivity index (χ0) is 22.4. The molecule has 0 unspecified atom stereocenters. The Labute approximate surface area is 188 Å². The topological polar surface area (TPSA) is 119 Å².